The van der Waals surface area contributed by atoms with Crippen molar-refractivity contribution in [2.24, 2.45) is 5.92 Å². The summed E-state index contributed by atoms with van der Waals surface area (Å²) < 4.78 is 19.0. The standard InChI is InChI=1S/C15H18FNO/c1-11-2-5-14(6-3-11)18-10-12-4-7-15(16)13(8-12)9-17/h4,7-8,11,14H,2-3,5-6,10H2,1H3. The third-order valence-electron chi connectivity index (χ3n) is 3.60. The van der Waals surface area contributed by atoms with Crippen LogP contribution in [-0.2, 0) is 11.3 Å². The van der Waals surface area contributed by atoms with Crippen LogP contribution in [0.3, 0.4) is 0 Å². The van der Waals surface area contributed by atoms with Gasteiger partial charge in [-0.15, -0.1) is 0 Å². The van der Waals surface area contributed by atoms with Crippen molar-refractivity contribution in [1.82, 2.24) is 0 Å². The summed E-state index contributed by atoms with van der Waals surface area (Å²) in [5, 5.41) is 8.76. The first-order chi connectivity index (χ1) is 8.69. The van der Waals surface area contributed by atoms with E-state index in [1.165, 1.54) is 18.9 Å². The third-order valence-corrected chi connectivity index (χ3v) is 3.60. The highest BCUT2D eigenvalue weighted by Crippen LogP contribution is 2.26. The molecule has 0 amide bonds. The summed E-state index contributed by atoms with van der Waals surface area (Å²) in [6, 6.07) is 6.43. The van der Waals surface area contributed by atoms with Crippen LogP contribution in [0.1, 0.15) is 43.7 Å². The zero-order valence-electron chi connectivity index (χ0n) is 10.7. The number of halogens is 1. The van der Waals surface area contributed by atoms with Crippen molar-refractivity contribution >= 4 is 0 Å². The zero-order valence-corrected chi connectivity index (χ0v) is 10.7. The number of hydrogen-bond acceptors (Lipinski definition) is 2. The van der Waals surface area contributed by atoms with E-state index in [4.69, 9.17) is 10.00 Å². The van der Waals surface area contributed by atoms with Crippen molar-refractivity contribution in [3.05, 3.63) is 35.1 Å². The number of ether oxygens (including phenoxy) is 1. The molecule has 1 saturated carbocycles. The smallest absolute Gasteiger partial charge is 0.140 e. The second kappa shape index (κ2) is 5.97. The molecule has 0 bridgehead atoms. The lowest BCUT2D eigenvalue weighted by molar-refractivity contribution is 0.00874. The van der Waals surface area contributed by atoms with E-state index in [1.54, 1.807) is 12.1 Å². The van der Waals surface area contributed by atoms with Crippen molar-refractivity contribution in [1.29, 1.82) is 5.26 Å². The summed E-state index contributed by atoms with van der Waals surface area (Å²) in [6.45, 7) is 2.74. The molecule has 2 nitrogen and oxygen atoms in total. The fourth-order valence-corrected chi connectivity index (χ4v) is 2.36. The van der Waals surface area contributed by atoms with E-state index in [-0.39, 0.29) is 5.56 Å². The van der Waals surface area contributed by atoms with E-state index in [1.807, 2.05) is 6.07 Å². The Labute approximate surface area is 107 Å². The normalized spacial score (nSPS) is 23.6. The second-order valence-corrected chi connectivity index (χ2v) is 5.12. The van der Waals surface area contributed by atoms with Gasteiger partial charge >= 0.3 is 0 Å². The van der Waals surface area contributed by atoms with Crippen LogP contribution < -0.4 is 0 Å². The lowest BCUT2D eigenvalue weighted by Gasteiger charge is -2.26. The van der Waals surface area contributed by atoms with Crippen LogP contribution in [0.15, 0.2) is 18.2 Å². The molecule has 0 radical (unpaired) electrons. The Hall–Kier alpha value is -1.40. The lowest BCUT2D eigenvalue weighted by atomic mass is 9.89. The summed E-state index contributed by atoms with van der Waals surface area (Å²) in [6.07, 6.45) is 4.97. The molecule has 1 aromatic rings. The van der Waals surface area contributed by atoms with Crippen LogP contribution in [0.5, 0.6) is 0 Å². The molecule has 1 fully saturated rings. The zero-order chi connectivity index (χ0) is 13.0. The van der Waals surface area contributed by atoms with E-state index >= 15 is 0 Å². The average molecular weight is 247 g/mol. The number of benzene rings is 1. The molecular formula is C15H18FNO. The molecule has 0 saturated heterocycles. The fraction of sp³-hybridized carbons (Fsp3) is 0.533. The van der Waals surface area contributed by atoms with Gasteiger partial charge in [0, 0.05) is 0 Å². The molecule has 0 N–H and O–H groups in total. The maximum absolute atomic E-state index is 13.1. The maximum Gasteiger partial charge on any atom is 0.140 e. The summed E-state index contributed by atoms with van der Waals surface area (Å²) in [5.41, 5.74) is 0.958. The monoisotopic (exact) mass is 247 g/mol. The highest BCUT2D eigenvalue weighted by molar-refractivity contribution is 5.34. The Balaban J connectivity index is 1.89. The molecule has 2 rings (SSSR count). The largest absolute Gasteiger partial charge is 0.374 e. The van der Waals surface area contributed by atoms with Gasteiger partial charge in [0.2, 0.25) is 0 Å². The van der Waals surface area contributed by atoms with Crippen molar-refractivity contribution in [2.45, 2.75) is 45.3 Å². The first-order valence-electron chi connectivity index (χ1n) is 6.49. The second-order valence-electron chi connectivity index (χ2n) is 5.12. The van der Waals surface area contributed by atoms with Crippen LogP contribution in [0.25, 0.3) is 0 Å². The Morgan fingerprint density at radius 1 is 1.33 bits per heavy atom. The molecule has 1 aliphatic rings. The Morgan fingerprint density at radius 3 is 2.72 bits per heavy atom. The van der Waals surface area contributed by atoms with Crippen LogP contribution in [0, 0.1) is 23.1 Å². The minimum atomic E-state index is -0.465. The minimum absolute atomic E-state index is 0.0911. The van der Waals surface area contributed by atoms with E-state index < -0.39 is 5.82 Å². The number of nitriles is 1. The van der Waals surface area contributed by atoms with Gasteiger partial charge in [-0.3, -0.25) is 0 Å². The van der Waals surface area contributed by atoms with E-state index in [0.717, 1.165) is 24.3 Å². The van der Waals surface area contributed by atoms with Crippen molar-refractivity contribution in [3.8, 4) is 6.07 Å². The predicted molar refractivity (Wildman–Crippen MR) is 67.3 cm³/mol. The SMILES string of the molecule is CC1CCC(OCc2ccc(F)c(C#N)c2)CC1. The molecule has 0 heterocycles. The van der Waals surface area contributed by atoms with Gasteiger partial charge in [0.15, 0.2) is 0 Å². The average Bonchev–Trinajstić information content (AvgIpc) is 2.39. The fourth-order valence-electron chi connectivity index (χ4n) is 2.36. The van der Waals surface area contributed by atoms with Crippen LogP contribution in [0.2, 0.25) is 0 Å². The predicted octanol–water partition coefficient (Wildman–Crippen LogP) is 3.79. The first-order valence-corrected chi connectivity index (χ1v) is 6.49. The van der Waals surface area contributed by atoms with E-state index in [2.05, 4.69) is 6.92 Å². The molecule has 0 aliphatic heterocycles. The number of hydrogen-bond donors (Lipinski definition) is 0. The van der Waals surface area contributed by atoms with Crippen molar-refractivity contribution in [3.63, 3.8) is 0 Å². The minimum Gasteiger partial charge on any atom is -0.374 e. The van der Waals surface area contributed by atoms with Crippen LogP contribution >= 0.6 is 0 Å². The summed E-state index contributed by atoms with van der Waals surface area (Å²) in [4.78, 5) is 0. The van der Waals surface area contributed by atoms with Gasteiger partial charge in [0.05, 0.1) is 18.3 Å². The van der Waals surface area contributed by atoms with Crippen molar-refractivity contribution < 1.29 is 9.13 Å². The van der Waals surface area contributed by atoms with Crippen LogP contribution in [0.4, 0.5) is 4.39 Å². The third kappa shape index (κ3) is 3.30. The molecule has 18 heavy (non-hydrogen) atoms. The Kier molecular flexibility index (Phi) is 4.33. The molecule has 0 aromatic heterocycles. The maximum atomic E-state index is 13.1. The van der Waals surface area contributed by atoms with E-state index in [0.29, 0.717) is 12.7 Å². The van der Waals surface area contributed by atoms with Gasteiger partial charge in [0.25, 0.3) is 0 Å². The van der Waals surface area contributed by atoms with Gasteiger partial charge in [-0.1, -0.05) is 13.0 Å². The molecule has 96 valence electrons. The summed E-state index contributed by atoms with van der Waals surface area (Å²) in [5.74, 6) is 0.341. The Morgan fingerprint density at radius 2 is 2.06 bits per heavy atom. The van der Waals surface area contributed by atoms with Crippen LogP contribution in [-0.4, -0.2) is 6.10 Å². The van der Waals surface area contributed by atoms with Crippen molar-refractivity contribution in [2.75, 3.05) is 0 Å². The van der Waals surface area contributed by atoms with E-state index in [9.17, 15) is 4.39 Å². The van der Waals surface area contributed by atoms with Gasteiger partial charge in [-0.2, -0.15) is 5.26 Å². The number of rotatable bonds is 3. The summed E-state index contributed by atoms with van der Waals surface area (Å²) in [7, 11) is 0. The molecule has 0 unspecified atom stereocenters. The molecule has 1 aromatic carbocycles. The van der Waals surface area contributed by atoms with Gasteiger partial charge < -0.3 is 4.74 Å². The highest BCUT2D eigenvalue weighted by Gasteiger charge is 2.18. The van der Waals surface area contributed by atoms with Gasteiger partial charge in [-0.25, -0.2) is 4.39 Å². The Bertz CT molecular complexity index is 444. The topological polar surface area (TPSA) is 33.0 Å². The first kappa shape index (κ1) is 13.0. The molecule has 3 heteroatoms. The molecular weight excluding hydrogens is 229 g/mol. The van der Waals surface area contributed by atoms with Gasteiger partial charge in [-0.05, 0) is 49.3 Å². The number of nitrogens with zero attached hydrogens (tertiary/aromatic N) is 1. The molecule has 0 spiro atoms. The lowest BCUT2D eigenvalue weighted by Crippen LogP contribution is -2.20. The molecule has 0 atom stereocenters. The summed E-state index contributed by atoms with van der Waals surface area (Å²) >= 11 is 0. The molecule has 1 aliphatic carbocycles. The quantitative estimate of drug-likeness (QED) is 0.814. The highest BCUT2D eigenvalue weighted by atomic mass is 19.1. The van der Waals surface area contributed by atoms with Gasteiger partial charge in [0.1, 0.15) is 11.9 Å².